The summed E-state index contributed by atoms with van der Waals surface area (Å²) in [5.41, 5.74) is 5.31. The Bertz CT molecular complexity index is 2130. The van der Waals surface area contributed by atoms with Gasteiger partial charge in [0.2, 0.25) is 5.91 Å². The third kappa shape index (κ3) is 4.86. The van der Waals surface area contributed by atoms with Crippen LogP contribution < -0.4 is 4.74 Å². The molecule has 228 valence electrons. The van der Waals surface area contributed by atoms with Crippen molar-refractivity contribution in [3.63, 3.8) is 0 Å². The van der Waals surface area contributed by atoms with Crippen molar-refractivity contribution in [1.29, 1.82) is 0 Å². The zero-order valence-corrected chi connectivity index (χ0v) is 25.3. The van der Waals surface area contributed by atoms with E-state index in [1.165, 1.54) is 17.4 Å². The minimum absolute atomic E-state index is 0.0243. The first-order valence-corrected chi connectivity index (χ1v) is 15.2. The first kappa shape index (κ1) is 28.8. The summed E-state index contributed by atoms with van der Waals surface area (Å²) in [5, 5.41) is 17.0. The highest BCUT2D eigenvalue weighted by molar-refractivity contribution is 7.18. The lowest BCUT2D eigenvalue weighted by atomic mass is 9.96. The lowest BCUT2D eigenvalue weighted by Crippen LogP contribution is -2.44. The van der Waals surface area contributed by atoms with Gasteiger partial charge in [0, 0.05) is 46.4 Å². The number of amides is 1. The largest absolute Gasteiger partial charge is 0.490 e. The van der Waals surface area contributed by atoms with Crippen LogP contribution in [0.3, 0.4) is 0 Å². The van der Waals surface area contributed by atoms with Gasteiger partial charge in [0.15, 0.2) is 0 Å². The highest BCUT2D eigenvalue weighted by atomic mass is 32.1. The lowest BCUT2D eigenvalue weighted by molar-refractivity contribution is -0.129. The first-order valence-electron chi connectivity index (χ1n) is 14.3. The van der Waals surface area contributed by atoms with Crippen LogP contribution in [-0.2, 0) is 24.9 Å². The van der Waals surface area contributed by atoms with Crippen molar-refractivity contribution < 1.29 is 23.4 Å². The number of aliphatic hydroxyl groups excluding tert-OH is 1. The molecule has 6 aromatic rings. The summed E-state index contributed by atoms with van der Waals surface area (Å²) in [6.45, 7) is 5.85. The van der Waals surface area contributed by atoms with E-state index in [0.29, 0.717) is 40.4 Å². The molecule has 1 amide bonds. The maximum Gasteiger partial charge on any atom is 0.246 e. The summed E-state index contributed by atoms with van der Waals surface area (Å²) in [6, 6.07) is 11.5. The Morgan fingerprint density at radius 2 is 2.02 bits per heavy atom. The van der Waals surface area contributed by atoms with E-state index < -0.39 is 11.6 Å². The molecule has 0 aliphatic carbocycles. The molecule has 0 saturated heterocycles. The highest BCUT2D eigenvalue weighted by Crippen LogP contribution is 2.47. The molecule has 4 aromatic heterocycles. The number of thiophene rings is 1. The fraction of sp³-hybridized carbons (Fsp3) is 0.212. The minimum Gasteiger partial charge on any atom is -0.490 e. The predicted octanol–water partition coefficient (Wildman–Crippen LogP) is 5.95. The zero-order valence-electron chi connectivity index (χ0n) is 24.5. The molecule has 1 aliphatic heterocycles. The number of aryl methyl sites for hydroxylation is 1. The number of hydrogen-bond acceptors (Lipinski definition) is 7. The summed E-state index contributed by atoms with van der Waals surface area (Å²) in [6.07, 6.45) is 3.04. The van der Waals surface area contributed by atoms with Crippen molar-refractivity contribution >= 4 is 38.4 Å². The standard InChI is InChI=1S/C33H28F2N6O3S/c1-4-28(43)40-16-21-14-25(38-41(21)15-18(40)2)32-30(29-23(35)12-20(34)13-27(29)44-9-8-42)33-22(7-10-45-33)31(37-32)19-5-6-24-26(11-19)39(3)17-36-24/h4-7,10-14,17-18,42H,1,8-9,15-16H2,2-3H3. The normalized spacial score (nSPS) is 14.7. The van der Waals surface area contributed by atoms with Gasteiger partial charge in [-0.05, 0) is 42.6 Å². The molecule has 7 rings (SSSR count). The molecule has 0 bridgehead atoms. The Hall–Kier alpha value is -4.94. The molecule has 2 aromatic carbocycles. The Morgan fingerprint density at radius 3 is 2.82 bits per heavy atom. The number of imidazole rings is 1. The van der Waals surface area contributed by atoms with Gasteiger partial charge < -0.3 is 19.3 Å². The van der Waals surface area contributed by atoms with Crippen molar-refractivity contribution in [3.8, 4) is 39.5 Å². The Kier molecular flexibility index (Phi) is 7.17. The molecule has 5 heterocycles. The van der Waals surface area contributed by atoms with Gasteiger partial charge in [-0.25, -0.2) is 18.7 Å². The minimum atomic E-state index is -0.829. The van der Waals surface area contributed by atoms with Crippen LogP contribution in [0.25, 0.3) is 54.9 Å². The second kappa shape index (κ2) is 11.2. The van der Waals surface area contributed by atoms with Crippen LogP contribution in [0.5, 0.6) is 5.75 Å². The van der Waals surface area contributed by atoms with E-state index in [9.17, 15) is 14.3 Å². The Labute approximate surface area is 260 Å². The van der Waals surface area contributed by atoms with Crippen LogP contribution in [0, 0.1) is 11.6 Å². The third-order valence-electron chi connectivity index (χ3n) is 8.09. The van der Waals surface area contributed by atoms with E-state index in [-0.39, 0.29) is 36.5 Å². The second-order valence-corrected chi connectivity index (χ2v) is 11.9. The zero-order chi connectivity index (χ0) is 31.4. The number of carbonyl (C=O) groups excluding carboxylic acids is 1. The van der Waals surface area contributed by atoms with Crippen LogP contribution in [0.15, 0.2) is 66.8 Å². The summed E-state index contributed by atoms with van der Waals surface area (Å²) in [4.78, 5) is 23.9. The van der Waals surface area contributed by atoms with Crippen molar-refractivity contribution in [2.24, 2.45) is 7.05 Å². The number of carbonyl (C=O) groups is 1. The smallest absolute Gasteiger partial charge is 0.246 e. The highest BCUT2D eigenvalue weighted by Gasteiger charge is 2.30. The fourth-order valence-corrected chi connectivity index (χ4v) is 6.89. The third-order valence-corrected chi connectivity index (χ3v) is 9.02. The SMILES string of the molecule is C=CC(=O)N1Cc2cc(-c3nc(-c4ccc5ncn(C)c5c4)c4ccsc4c3-c3c(F)cc(F)cc3OCCO)nn2CC1C. The number of halogens is 2. The van der Waals surface area contributed by atoms with Gasteiger partial charge in [0.25, 0.3) is 0 Å². The molecule has 1 unspecified atom stereocenters. The number of hydrogen-bond donors (Lipinski definition) is 1. The molecule has 45 heavy (non-hydrogen) atoms. The molecule has 0 saturated carbocycles. The van der Waals surface area contributed by atoms with E-state index in [4.69, 9.17) is 14.8 Å². The van der Waals surface area contributed by atoms with Gasteiger partial charge in [-0.2, -0.15) is 5.10 Å². The van der Waals surface area contributed by atoms with Crippen LogP contribution in [0.1, 0.15) is 12.6 Å². The molecule has 0 fully saturated rings. The van der Waals surface area contributed by atoms with Crippen molar-refractivity contribution in [1.82, 2.24) is 29.2 Å². The molecule has 1 atom stereocenters. The maximum atomic E-state index is 15.9. The summed E-state index contributed by atoms with van der Waals surface area (Å²) >= 11 is 1.40. The number of rotatable bonds is 7. The van der Waals surface area contributed by atoms with Crippen LogP contribution in [0.4, 0.5) is 8.78 Å². The molecule has 0 spiro atoms. The fourth-order valence-electron chi connectivity index (χ4n) is 5.95. The van der Waals surface area contributed by atoms with Gasteiger partial charge >= 0.3 is 0 Å². The Balaban J connectivity index is 1.51. The summed E-state index contributed by atoms with van der Waals surface area (Å²) in [5.74, 6) is -1.86. The number of ether oxygens (including phenoxy) is 1. The maximum absolute atomic E-state index is 15.9. The number of fused-ring (bicyclic) bond motifs is 3. The van der Waals surface area contributed by atoms with Crippen molar-refractivity contribution in [3.05, 3.63) is 84.2 Å². The number of benzene rings is 2. The first-order chi connectivity index (χ1) is 21.8. The molecular formula is C33H28F2N6O3S. The van der Waals surface area contributed by atoms with Gasteiger partial charge in [0.1, 0.15) is 35.4 Å². The van der Waals surface area contributed by atoms with Crippen LogP contribution in [-0.4, -0.2) is 59.5 Å². The molecule has 12 heteroatoms. The number of nitrogens with zero attached hydrogens (tertiary/aromatic N) is 6. The average molecular weight is 627 g/mol. The quantitative estimate of drug-likeness (QED) is 0.220. The van der Waals surface area contributed by atoms with E-state index in [1.807, 2.05) is 58.9 Å². The molecule has 1 N–H and O–H groups in total. The second-order valence-electron chi connectivity index (χ2n) is 11.0. The average Bonchev–Trinajstić information content (AvgIpc) is 3.77. The predicted molar refractivity (Wildman–Crippen MR) is 169 cm³/mol. The van der Waals surface area contributed by atoms with Crippen LogP contribution in [0.2, 0.25) is 0 Å². The Morgan fingerprint density at radius 1 is 1.18 bits per heavy atom. The number of pyridine rings is 1. The van der Waals surface area contributed by atoms with Gasteiger partial charge in [-0.1, -0.05) is 12.6 Å². The van der Waals surface area contributed by atoms with E-state index in [0.717, 1.165) is 39.8 Å². The topological polar surface area (TPSA) is 98.3 Å². The van der Waals surface area contributed by atoms with E-state index >= 15 is 4.39 Å². The molecule has 1 aliphatic rings. The van der Waals surface area contributed by atoms with Gasteiger partial charge in [0.05, 0.1) is 54.0 Å². The monoisotopic (exact) mass is 626 g/mol. The lowest BCUT2D eigenvalue weighted by Gasteiger charge is -2.33. The number of aromatic nitrogens is 5. The van der Waals surface area contributed by atoms with Gasteiger partial charge in [-0.15, -0.1) is 11.3 Å². The molecule has 0 radical (unpaired) electrons. The summed E-state index contributed by atoms with van der Waals surface area (Å²) < 4.78 is 40.6. The number of aliphatic hydroxyl groups is 1. The van der Waals surface area contributed by atoms with Crippen molar-refractivity contribution in [2.45, 2.75) is 26.1 Å². The molecule has 9 nitrogen and oxygen atoms in total. The molecular weight excluding hydrogens is 598 g/mol. The van der Waals surface area contributed by atoms with Crippen molar-refractivity contribution in [2.75, 3.05) is 13.2 Å². The summed E-state index contributed by atoms with van der Waals surface area (Å²) in [7, 11) is 1.92. The van der Waals surface area contributed by atoms with E-state index in [2.05, 4.69) is 11.6 Å². The van der Waals surface area contributed by atoms with E-state index in [1.54, 1.807) is 11.2 Å². The van der Waals surface area contributed by atoms with Gasteiger partial charge in [-0.3, -0.25) is 9.48 Å². The van der Waals surface area contributed by atoms with Crippen LogP contribution >= 0.6 is 11.3 Å².